The van der Waals surface area contributed by atoms with E-state index in [4.69, 9.17) is 22.7 Å². The fourth-order valence-electron chi connectivity index (χ4n) is 3.78. The molecule has 1 N–H and O–H groups in total. The smallest absolute Gasteiger partial charge is 0.446 e. The number of nitrogens with zero attached hydrogens (tertiary/aromatic N) is 3. The molecule has 2 aromatic carbocycles. The summed E-state index contributed by atoms with van der Waals surface area (Å²) in [7, 11) is -4.48. The van der Waals surface area contributed by atoms with Crippen molar-refractivity contribution in [1.82, 2.24) is 4.31 Å². The molecule has 8 nitrogen and oxygen atoms in total. The van der Waals surface area contributed by atoms with Crippen LogP contribution in [-0.2, 0) is 21.0 Å². The van der Waals surface area contributed by atoms with Crippen molar-refractivity contribution in [2.75, 3.05) is 13.1 Å². The minimum atomic E-state index is -4.76. The van der Waals surface area contributed by atoms with Gasteiger partial charge in [0, 0.05) is 18.2 Å². The van der Waals surface area contributed by atoms with Crippen molar-refractivity contribution in [2.45, 2.75) is 48.7 Å². The summed E-state index contributed by atoms with van der Waals surface area (Å²) in [4.78, 5) is 14.0. The van der Waals surface area contributed by atoms with E-state index in [9.17, 15) is 44.3 Å². The summed E-state index contributed by atoms with van der Waals surface area (Å²) in [5, 5.41) is 11.2. The Kier molecular flexibility index (Phi) is 9.91. The Bertz CT molecular complexity index is 1430. The van der Waals surface area contributed by atoms with Crippen molar-refractivity contribution in [1.29, 1.82) is 0 Å². The Morgan fingerprint density at radius 2 is 1.70 bits per heavy atom. The van der Waals surface area contributed by atoms with Gasteiger partial charge >= 0.3 is 12.4 Å². The minimum Gasteiger partial charge on any atom is -0.486 e. The monoisotopic (exact) mass is 595 g/mol. The predicted octanol–water partition coefficient (Wildman–Crippen LogP) is 5.68. The molecule has 0 saturated carbocycles. The lowest BCUT2D eigenvalue weighted by molar-refractivity contribution is -0.156. The SMILES string of the molecule is O=CC(F)(F)F.[C-]#[N+]c1ccc(O[C@H]2CN(S(=O)(=O)c3ccc(C(F)(F)F)cc3[N+]#[C-])C[C@@]2(O)CCC)cc1F. The Balaban J connectivity index is 0.000000840. The standard InChI is InChI=1S/C22H19F4N3O4S.C2HF3O/c1-4-9-21(30)13-29(12-20(21)33-15-6-7-17(27-2)16(23)11-15)34(31,32)19-8-5-14(22(24,25)26)10-18(19)28-3;3-2(4,5)1-6/h5-8,10-11,20,30H,4,9,12-13H2,1H3;1H/t20-,21-;/m0./s1. The highest BCUT2D eigenvalue weighted by molar-refractivity contribution is 7.89. The third-order valence-corrected chi connectivity index (χ3v) is 7.44. The average molecular weight is 595 g/mol. The number of β-amino-alcohol motifs (C(OH)–C–C–N with tert-alkyl or cyclic N) is 1. The van der Waals surface area contributed by atoms with E-state index in [2.05, 4.69) is 9.69 Å². The number of hydrogen-bond acceptors (Lipinski definition) is 5. The molecule has 0 spiro atoms. The second-order valence-corrected chi connectivity index (χ2v) is 10.3. The number of ether oxygens (including phenoxy) is 1. The number of alkyl halides is 6. The van der Waals surface area contributed by atoms with E-state index in [-0.39, 0.29) is 24.4 Å². The fraction of sp³-hybridized carbons (Fsp3) is 0.375. The van der Waals surface area contributed by atoms with Crippen LogP contribution in [0.15, 0.2) is 41.3 Å². The maximum Gasteiger partial charge on any atom is 0.446 e. The van der Waals surface area contributed by atoms with Crippen LogP contribution >= 0.6 is 0 Å². The van der Waals surface area contributed by atoms with Gasteiger partial charge in [-0.2, -0.15) is 30.6 Å². The molecule has 1 aliphatic rings. The first-order valence-corrected chi connectivity index (χ1v) is 12.5. The molecule has 0 unspecified atom stereocenters. The van der Waals surface area contributed by atoms with Crippen LogP contribution in [0.1, 0.15) is 25.3 Å². The van der Waals surface area contributed by atoms with Crippen LogP contribution in [0, 0.1) is 19.0 Å². The molecule has 2 aromatic rings. The van der Waals surface area contributed by atoms with Gasteiger partial charge in [-0.1, -0.05) is 25.5 Å². The molecule has 1 aliphatic heterocycles. The van der Waals surface area contributed by atoms with Crippen molar-refractivity contribution in [3.8, 4) is 5.75 Å². The zero-order valence-corrected chi connectivity index (χ0v) is 21.2. The molecular formula is C24H20F7N3O5S. The van der Waals surface area contributed by atoms with E-state index in [1.54, 1.807) is 6.92 Å². The number of benzene rings is 2. The van der Waals surface area contributed by atoms with Gasteiger partial charge in [0.05, 0.1) is 24.6 Å². The maximum absolute atomic E-state index is 14.0. The second kappa shape index (κ2) is 12.2. The van der Waals surface area contributed by atoms with E-state index in [1.807, 2.05) is 0 Å². The van der Waals surface area contributed by atoms with Crippen LogP contribution in [0.3, 0.4) is 0 Å². The summed E-state index contributed by atoms with van der Waals surface area (Å²) >= 11 is 0. The lowest BCUT2D eigenvalue weighted by Crippen LogP contribution is -2.44. The number of sulfonamides is 1. The predicted molar refractivity (Wildman–Crippen MR) is 126 cm³/mol. The van der Waals surface area contributed by atoms with Gasteiger partial charge in [0.25, 0.3) is 0 Å². The Morgan fingerprint density at radius 3 is 2.17 bits per heavy atom. The number of aldehydes is 1. The van der Waals surface area contributed by atoms with E-state index in [0.29, 0.717) is 18.6 Å². The molecule has 0 bridgehead atoms. The summed E-state index contributed by atoms with van der Waals surface area (Å²) < 4.78 is 117. The third kappa shape index (κ3) is 7.68. The summed E-state index contributed by atoms with van der Waals surface area (Å²) in [6.07, 6.45) is -11.0. The molecule has 0 aliphatic carbocycles. The van der Waals surface area contributed by atoms with Gasteiger partial charge in [0.2, 0.25) is 27.7 Å². The third-order valence-electron chi connectivity index (χ3n) is 5.58. The molecule has 40 heavy (non-hydrogen) atoms. The maximum atomic E-state index is 14.0. The van der Waals surface area contributed by atoms with E-state index >= 15 is 0 Å². The first-order valence-electron chi connectivity index (χ1n) is 11.1. The topological polar surface area (TPSA) is 92.6 Å². The zero-order chi connectivity index (χ0) is 30.5. The fourth-order valence-corrected chi connectivity index (χ4v) is 5.40. The highest BCUT2D eigenvalue weighted by Crippen LogP contribution is 2.39. The normalized spacial score (nSPS) is 19.6. The van der Waals surface area contributed by atoms with Gasteiger partial charge in [-0.15, -0.1) is 0 Å². The number of carbonyl (C=O) groups excluding carboxylic acids is 1. The van der Waals surface area contributed by atoms with Crippen LogP contribution in [-0.4, -0.2) is 55.1 Å². The summed E-state index contributed by atoms with van der Waals surface area (Å²) in [5.41, 5.74) is -3.77. The van der Waals surface area contributed by atoms with Gasteiger partial charge < -0.3 is 9.84 Å². The van der Waals surface area contributed by atoms with Crippen molar-refractivity contribution in [3.63, 3.8) is 0 Å². The van der Waals surface area contributed by atoms with E-state index in [0.717, 1.165) is 16.4 Å². The van der Waals surface area contributed by atoms with Crippen molar-refractivity contribution >= 4 is 27.7 Å². The van der Waals surface area contributed by atoms with Crippen LogP contribution in [0.4, 0.5) is 42.1 Å². The summed E-state index contributed by atoms with van der Waals surface area (Å²) in [6.45, 7) is 15.0. The molecule has 1 saturated heterocycles. The number of halogens is 7. The number of carbonyl (C=O) groups is 1. The van der Waals surface area contributed by atoms with Crippen LogP contribution in [0.2, 0.25) is 0 Å². The molecule has 0 aromatic heterocycles. The van der Waals surface area contributed by atoms with Gasteiger partial charge in [0.1, 0.15) is 23.3 Å². The summed E-state index contributed by atoms with van der Waals surface area (Å²) in [6, 6.07) is 5.20. The van der Waals surface area contributed by atoms with Gasteiger partial charge in [-0.25, -0.2) is 22.5 Å². The van der Waals surface area contributed by atoms with Crippen LogP contribution < -0.4 is 4.74 Å². The Labute approximate surface area is 224 Å². The quantitative estimate of drug-likeness (QED) is 0.264. The second-order valence-electron chi connectivity index (χ2n) is 8.43. The lowest BCUT2D eigenvalue weighted by Gasteiger charge is -2.29. The number of hydrogen-bond donors (Lipinski definition) is 1. The van der Waals surface area contributed by atoms with Crippen molar-refractivity contribution < 1.29 is 53.8 Å². The van der Waals surface area contributed by atoms with Crippen LogP contribution in [0.25, 0.3) is 9.69 Å². The molecule has 216 valence electrons. The van der Waals surface area contributed by atoms with Gasteiger partial charge in [0.15, 0.2) is 0 Å². The molecule has 1 heterocycles. The Morgan fingerprint density at radius 1 is 1.10 bits per heavy atom. The molecule has 1 fully saturated rings. The largest absolute Gasteiger partial charge is 0.486 e. The molecule has 16 heteroatoms. The molecule has 0 radical (unpaired) electrons. The van der Waals surface area contributed by atoms with Gasteiger partial charge in [-0.3, -0.25) is 4.79 Å². The lowest BCUT2D eigenvalue weighted by atomic mass is 9.94. The first-order chi connectivity index (χ1) is 18.4. The molecule has 2 atom stereocenters. The van der Waals surface area contributed by atoms with E-state index in [1.165, 1.54) is 12.1 Å². The van der Waals surface area contributed by atoms with E-state index < -0.39 is 68.9 Å². The summed E-state index contributed by atoms with van der Waals surface area (Å²) in [5.74, 6) is -0.875. The highest BCUT2D eigenvalue weighted by atomic mass is 32.2. The first kappa shape index (κ1) is 32.5. The Hall–Kier alpha value is -3.73. The number of aliphatic hydroxyl groups is 1. The van der Waals surface area contributed by atoms with Crippen LogP contribution in [0.5, 0.6) is 5.75 Å². The molecule has 3 rings (SSSR count). The molecule has 0 amide bonds. The molecular weight excluding hydrogens is 575 g/mol. The average Bonchev–Trinajstić information content (AvgIpc) is 3.19. The number of rotatable bonds is 6. The minimum absolute atomic E-state index is 0.0277. The zero-order valence-electron chi connectivity index (χ0n) is 20.4. The highest BCUT2D eigenvalue weighted by Gasteiger charge is 2.50. The van der Waals surface area contributed by atoms with Crippen molar-refractivity contribution in [2.24, 2.45) is 0 Å². The van der Waals surface area contributed by atoms with Gasteiger partial charge in [-0.05, 0) is 24.6 Å². The van der Waals surface area contributed by atoms with Crippen molar-refractivity contribution in [3.05, 3.63) is 70.6 Å².